The lowest BCUT2D eigenvalue weighted by Crippen LogP contribution is -2.31. The van der Waals surface area contributed by atoms with Crippen LogP contribution in [0.2, 0.25) is 0 Å². The van der Waals surface area contributed by atoms with Crippen LogP contribution in [0.3, 0.4) is 0 Å². The van der Waals surface area contributed by atoms with Gasteiger partial charge in [-0.15, -0.1) is 0 Å². The Morgan fingerprint density at radius 3 is 2.79 bits per heavy atom. The average Bonchev–Trinajstić information content (AvgIpc) is 3.18. The zero-order chi connectivity index (χ0) is 19.5. The number of aromatic nitrogens is 2. The number of rotatable bonds is 5. The number of nitrogens with zero attached hydrogens (tertiary/aromatic N) is 1. The minimum atomic E-state index is -0.0250. The highest BCUT2D eigenvalue weighted by Crippen LogP contribution is 2.32. The Morgan fingerprint density at radius 2 is 2.00 bits per heavy atom. The number of fused-ring (bicyclic) bond motifs is 1. The molecule has 1 aromatic carbocycles. The molecule has 6 heteroatoms. The van der Waals surface area contributed by atoms with Crippen LogP contribution >= 0.6 is 0 Å². The van der Waals surface area contributed by atoms with Crippen LogP contribution in [0.4, 0.5) is 0 Å². The largest absolute Gasteiger partial charge is 0.493 e. The van der Waals surface area contributed by atoms with E-state index in [0.29, 0.717) is 18.0 Å². The van der Waals surface area contributed by atoms with E-state index in [4.69, 9.17) is 9.47 Å². The molecule has 0 unspecified atom stereocenters. The molecule has 3 heterocycles. The first-order valence-electron chi connectivity index (χ1n) is 9.05. The topological polar surface area (TPSA) is 76.2 Å². The van der Waals surface area contributed by atoms with Crippen molar-refractivity contribution in [1.82, 2.24) is 15.3 Å². The molecule has 6 nitrogen and oxygen atoms in total. The van der Waals surface area contributed by atoms with E-state index < -0.39 is 0 Å². The van der Waals surface area contributed by atoms with Gasteiger partial charge in [-0.1, -0.05) is 12.1 Å². The summed E-state index contributed by atoms with van der Waals surface area (Å²) in [6, 6.07) is 11.5. The smallest absolute Gasteiger partial charge is 0.253 e. The van der Waals surface area contributed by atoms with Gasteiger partial charge in [-0.2, -0.15) is 0 Å². The van der Waals surface area contributed by atoms with Gasteiger partial charge in [0.25, 0.3) is 5.91 Å². The minimum Gasteiger partial charge on any atom is -0.493 e. The average molecular weight is 375 g/mol. The molecule has 28 heavy (non-hydrogen) atoms. The zero-order valence-corrected chi connectivity index (χ0v) is 15.8. The maximum Gasteiger partial charge on any atom is 0.253 e. The monoisotopic (exact) mass is 375 g/mol. The van der Waals surface area contributed by atoms with Gasteiger partial charge in [0.2, 0.25) is 0 Å². The van der Waals surface area contributed by atoms with Crippen LogP contribution in [-0.4, -0.2) is 36.6 Å². The molecule has 2 aromatic heterocycles. The van der Waals surface area contributed by atoms with Crippen LogP contribution in [0.1, 0.15) is 27.3 Å². The summed E-state index contributed by atoms with van der Waals surface area (Å²) < 4.78 is 10.8. The quantitative estimate of drug-likeness (QED) is 0.715. The number of carbonyl (C=O) groups excluding carboxylic acids is 1. The van der Waals surface area contributed by atoms with Gasteiger partial charge in [-0.3, -0.25) is 9.78 Å². The second-order valence-electron chi connectivity index (χ2n) is 6.47. The number of hydrogen-bond donors (Lipinski definition) is 2. The molecule has 3 aromatic rings. The van der Waals surface area contributed by atoms with Crippen molar-refractivity contribution in [2.45, 2.75) is 6.42 Å². The van der Waals surface area contributed by atoms with Crippen LogP contribution < -0.4 is 14.8 Å². The number of para-hydroxylation sites is 1. The van der Waals surface area contributed by atoms with E-state index in [2.05, 4.69) is 15.3 Å². The Labute approximate surface area is 163 Å². The molecular formula is C22H21N3O3. The zero-order valence-electron chi connectivity index (χ0n) is 15.8. The first-order chi connectivity index (χ1) is 13.7. The predicted octanol–water partition coefficient (Wildman–Crippen LogP) is 3.55. The third-order valence-corrected chi connectivity index (χ3v) is 4.76. The second-order valence-corrected chi connectivity index (χ2v) is 6.47. The minimum absolute atomic E-state index is 0.0250. The van der Waals surface area contributed by atoms with E-state index in [9.17, 15) is 4.79 Å². The van der Waals surface area contributed by atoms with Crippen LogP contribution in [0, 0.1) is 0 Å². The molecule has 0 aliphatic carbocycles. The fraction of sp³-hybridized carbons (Fsp3) is 0.182. The Hall–Kier alpha value is -3.54. The van der Waals surface area contributed by atoms with Crippen molar-refractivity contribution in [3.05, 3.63) is 65.1 Å². The van der Waals surface area contributed by atoms with Gasteiger partial charge in [-0.25, -0.2) is 0 Å². The number of benzene rings is 1. The van der Waals surface area contributed by atoms with Gasteiger partial charge >= 0.3 is 0 Å². The molecule has 0 radical (unpaired) electrons. The highest BCUT2D eigenvalue weighted by Gasteiger charge is 2.19. The molecule has 0 atom stereocenters. The van der Waals surface area contributed by atoms with Gasteiger partial charge in [0.05, 0.1) is 25.5 Å². The van der Waals surface area contributed by atoms with E-state index in [0.717, 1.165) is 40.2 Å². The number of aromatic amines is 1. The summed E-state index contributed by atoms with van der Waals surface area (Å²) in [7, 11) is 3.24. The number of carbonyl (C=O) groups is 1. The third-order valence-electron chi connectivity index (χ3n) is 4.76. The molecule has 0 bridgehead atoms. The number of ether oxygens (including phenoxy) is 2. The third kappa shape index (κ3) is 3.36. The fourth-order valence-electron chi connectivity index (χ4n) is 3.37. The number of H-pyrrole nitrogens is 1. The summed E-state index contributed by atoms with van der Waals surface area (Å²) in [5.41, 5.74) is 5.30. The first-order valence-corrected chi connectivity index (χ1v) is 9.05. The van der Waals surface area contributed by atoms with Crippen molar-refractivity contribution in [2.24, 2.45) is 0 Å². The Bertz CT molecular complexity index is 1050. The lowest BCUT2D eigenvalue weighted by molar-refractivity contribution is 0.0946. The lowest BCUT2D eigenvalue weighted by atomic mass is 10.1. The summed E-state index contributed by atoms with van der Waals surface area (Å²) in [4.78, 5) is 19.8. The molecule has 0 saturated heterocycles. The van der Waals surface area contributed by atoms with E-state index >= 15 is 0 Å². The molecule has 142 valence electrons. The molecule has 4 rings (SSSR count). The van der Waals surface area contributed by atoms with Crippen molar-refractivity contribution in [3.63, 3.8) is 0 Å². The van der Waals surface area contributed by atoms with Crippen molar-refractivity contribution >= 4 is 18.1 Å². The van der Waals surface area contributed by atoms with Crippen molar-refractivity contribution in [1.29, 1.82) is 0 Å². The van der Waals surface area contributed by atoms with Crippen LogP contribution in [-0.2, 0) is 6.42 Å². The summed E-state index contributed by atoms with van der Waals surface area (Å²) >= 11 is 0. The molecule has 1 aliphatic heterocycles. The highest BCUT2D eigenvalue weighted by molar-refractivity contribution is 5.97. The SMILES string of the molecule is COc1cccc(C=Cc2cc(-c3cc4c([nH]3)CCNC4=O)ccn2)c1OC. The molecule has 1 amide bonds. The van der Waals surface area contributed by atoms with Crippen molar-refractivity contribution < 1.29 is 14.3 Å². The Balaban J connectivity index is 1.64. The highest BCUT2D eigenvalue weighted by atomic mass is 16.5. The molecule has 0 saturated carbocycles. The van der Waals surface area contributed by atoms with E-state index in [1.807, 2.05) is 48.6 Å². The van der Waals surface area contributed by atoms with Gasteiger partial charge < -0.3 is 19.8 Å². The molecule has 2 N–H and O–H groups in total. The number of pyridine rings is 1. The summed E-state index contributed by atoms with van der Waals surface area (Å²) in [6.07, 6.45) is 6.45. The number of amides is 1. The first kappa shape index (κ1) is 17.9. The Kier molecular flexibility index (Phi) is 4.85. The predicted molar refractivity (Wildman–Crippen MR) is 109 cm³/mol. The van der Waals surface area contributed by atoms with Gasteiger partial charge in [0.15, 0.2) is 11.5 Å². The Morgan fingerprint density at radius 1 is 1.11 bits per heavy atom. The molecule has 0 fully saturated rings. The molecule has 0 spiro atoms. The van der Waals surface area contributed by atoms with Crippen molar-refractivity contribution in [3.8, 4) is 22.8 Å². The van der Waals surface area contributed by atoms with E-state index in [-0.39, 0.29) is 5.91 Å². The standard InChI is InChI=1S/C22H21N3O3/c1-27-20-5-3-4-14(21(20)28-2)6-7-16-12-15(8-10-23-16)19-13-17-18(25-19)9-11-24-22(17)26/h3-8,10,12-13,25H,9,11H2,1-2H3,(H,24,26). The number of methoxy groups -OCH3 is 2. The number of hydrogen-bond acceptors (Lipinski definition) is 4. The fourth-order valence-corrected chi connectivity index (χ4v) is 3.37. The maximum atomic E-state index is 12.0. The van der Waals surface area contributed by atoms with E-state index in [1.165, 1.54) is 0 Å². The van der Waals surface area contributed by atoms with Crippen LogP contribution in [0.5, 0.6) is 11.5 Å². The van der Waals surface area contributed by atoms with Gasteiger partial charge in [-0.05, 0) is 36.4 Å². The second kappa shape index (κ2) is 7.60. The van der Waals surface area contributed by atoms with Gasteiger partial charge in [0.1, 0.15) is 0 Å². The number of nitrogens with one attached hydrogen (secondary N) is 2. The summed E-state index contributed by atoms with van der Waals surface area (Å²) in [6.45, 7) is 0.665. The lowest BCUT2D eigenvalue weighted by Gasteiger charge is -2.10. The summed E-state index contributed by atoms with van der Waals surface area (Å²) in [5.74, 6) is 1.34. The van der Waals surface area contributed by atoms with Gasteiger partial charge in [0, 0.05) is 41.7 Å². The normalized spacial score (nSPS) is 13.3. The summed E-state index contributed by atoms with van der Waals surface area (Å²) in [5, 5.41) is 2.87. The maximum absolute atomic E-state index is 12.0. The van der Waals surface area contributed by atoms with Crippen LogP contribution in [0.15, 0.2) is 42.6 Å². The van der Waals surface area contributed by atoms with E-state index in [1.54, 1.807) is 20.4 Å². The molecular weight excluding hydrogens is 354 g/mol. The molecule has 1 aliphatic rings. The van der Waals surface area contributed by atoms with Crippen LogP contribution in [0.25, 0.3) is 23.4 Å². The van der Waals surface area contributed by atoms with Crippen molar-refractivity contribution in [2.75, 3.05) is 20.8 Å².